The highest BCUT2D eigenvalue weighted by Gasteiger charge is 2.30. The number of hydrogen-bond donors (Lipinski definition) is 0. The van der Waals surface area contributed by atoms with Gasteiger partial charge >= 0.3 is 8.41 Å². The summed E-state index contributed by atoms with van der Waals surface area (Å²) in [6, 6.07) is 13.5. The monoisotopic (exact) mass is 228 g/mol. The van der Waals surface area contributed by atoms with Crippen LogP contribution in [0.15, 0.2) is 67.0 Å². The Bertz CT molecular complexity index is 532. The van der Waals surface area contributed by atoms with Crippen molar-refractivity contribution in [3.05, 3.63) is 67.0 Å². The maximum Gasteiger partial charge on any atom is 0.324 e. The zero-order valence-electron chi connectivity index (χ0n) is 8.99. The van der Waals surface area contributed by atoms with Crippen molar-refractivity contribution in [2.24, 2.45) is 0 Å². The third kappa shape index (κ3) is 1.61. The van der Waals surface area contributed by atoms with Crippen molar-refractivity contribution in [3.63, 3.8) is 0 Å². The molecule has 2 aromatic rings. The molecule has 0 fully saturated rings. The van der Waals surface area contributed by atoms with Crippen molar-refractivity contribution in [2.75, 3.05) is 0 Å². The highest BCUT2D eigenvalue weighted by Crippen LogP contribution is 2.17. The van der Waals surface area contributed by atoms with Crippen LogP contribution in [0.2, 0.25) is 0 Å². The van der Waals surface area contributed by atoms with E-state index in [4.69, 9.17) is 0 Å². The summed E-state index contributed by atoms with van der Waals surface area (Å²) in [6.45, 7) is 7.20. The van der Waals surface area contributed by atoms with Crippen LogP contribution >= 0.6 is 0 Å². The van der Waals surface area contributed by atoms with Crippen molar-refractivity contribution >= 4 is 24.4 Å². The zero-order chi connectivity index (χ0) is 11.6. The molecule has 0 nitrogen and oxygen atoms in total. The molecule has 0 N–H and O–H groups in total. The molecule has 0 aromatic heterocycles. The SMILES string of the molecule is C=C[Si](F)(C=C)c1cccc2ccccc12. The number of benzene rings is 2. The number of rotatable bonds is 3. The molecule has 0 heterocycles. The topological polar surface area (TPSA) is 0 Å². The second-order valence-corrected chi connectivity index (χ2v) is 6.59. The molecule has 0 radical (unpaired) electrons. The fourth-order valence-corrected chi connectivity index (χ4v) is 3.46. The van der Waals surface area contributed by atoms with Gasteiger partial charge in [-0.3, -0.25) is 4.11 Å². The van der Waals surface area contributed by atoms with Gasteiger partial charge in [0, 0.05) is 0 Å². The Morgan fingerprint density at radius 2 is 1.56 bits per heavy atom. The normalized spacial score (nSPS) is 11.3. The van der Waals surface area contributed by atoms with Gasteiger partial charge in [-0.05, 0) is 16.0 Å². The Hall–Kier alpha value is -1.67. The van der Waals surface area contributed by atoms with Gasteiger partial charge in [-0.15, -0.1) is 13.2 Å². The van der Waals surface area contributed by atoms with Crippen LogP contribution in [0.4, 0.5) is 4.11 Å². The first kappa shape index (κ1) is 10.8. The van der Waals surface area contributed by atoms with Gasteiger partial charge in [0.25, 0.3) is 0 Å². The van der Waals surface area contributed by atoms with Crippen LogP contribution < -0.4 is 5.19 Å². The Morgan fingerprint density at radius 1 is 0.938 bits per heavy atom. The van der Waals surface area contributed by atoms with Gasteiger partial charge in [0.15, 0.2) is 0 Å². The summed E-state index contributed by atoms with van der Waals surface area (Å²) in [5.74, 6) is 0. The number of fused-ring (bicyclic) bond motifs is 1. The standard InChI is InChI=1S/C14H13FSi/c1-3-16(15,4-2)14-11-7-9-12-8-5-6-10-13(12)14/h3-11H,1-2H2. The van der Waals surface area contributed by atoms with E-state index in [1.54, 1.807) is 0 Å². The lowest BCUT2D eigenvalue weighted by molar-refractivity contribution is 0.841. The molecule has 2 rings (SSSR count). The first-order valence-electron chi connectivity index (χ1n) is 5.15. The summed E-state index contributed by atoms with van der Waals surface area (Å²) in [5, 5.41) is 2.74. The van der Waals surface area contributed by atoms with E-state index in [0.717, 1.165) is 16.0 Å². The second kappa shape index (κ2) is 4.06. The first-order valence-corrected chi connectivity index (χ1v) is 7.19. The molecule has 0 bridgehead atoms. The minimum Gasteiger partial charge on any atom is -0.297 e. The molecule has 0 aliphatic heterocycles. The van der Waals surface area contributed by atoms with Gasteiger partial charge in [0.1, 0.15) is 0 Å². The Kier molecular flexibility index (Phi) is 2.75. The van der Waals surface area contributed by atoms with Crippen LogP contribution in [0.1, 0.15) is 0 Å². The van der Waals surface area contributed by atoms with Crippen molar-refractivity contribution < 1.29 is 4.11 Å². The van der Waals surface area contributed by atoms with E-state index < -0.39 is 8.41 Å². The van der Waals surface area contributed by atoms with Crippen LogP contribution in [-0.4, -0.2) is 8.41 Å². The summed E-state index contributed by atoms with van der Waals surface area (Å²) in [7, 11) is -3.21. The summed E-state index contributed by atoms with van der Waals surface area (Å²) in [6.07, 6.45) is 0. The average Bonchev–Trinajstić information content (AvgIpc) is 2.37. The molecule has 0 unspecified atom stereocenters. The second-order valence-electron chi connectivity index (χ2n) is 3.70. The van der Waals surface area contributed by atoms with Gasteiger partial charge in [0.2, 0.25) is 0 Å². The van der Waals surface area contributed by atoms with Gasteiger partial charge in [-0.1, -0.05) is 53.9 Å². The molecule has 0 spiro atoms. The van der Waals surface area contributed by atoms with Gasteiger partial charge in [0.05, 0.1) is 0 Å². The van der Waals surface area contributed by atoms with E-state index >= 15 is 0 Å². The third-order valence-corrected chi connectivity index (χ3v) is 5.25. The lowest BCUT2D eigenvalue weighted by Gasteiger charge is -2.16. The van der Waals surface area contributed by atoms with Crippen molar-refractivity contribution in [1.29, 1.82) is 0 Å². The van der Waals surface area contributed by atoms with Gasteiger partial charge < -0.3 is 0 Å². The molecule has 0 saturated heterocycles. The van der Waals surface area contributed by atoms with Crippen LogP contribution in [0, 0.1) is 0 Å². The van der Waals surface area contributed by atoms with Crippen molar-refractivity contribution in [1.82, 2.24) is 0 Å². The highest BCUT2D eigenvalue weighted by molar-refractivity contribution is 6.95. The summed E-state index contributed by atoms with van der Waals surface area (Å²) < 4.78 is 14.6. The summed E-state index contributed by atoms with van der Waals surface area (Å²) in [4.78, 5) is 0. The van der Waals surface area contributed by atoms with Crippen molar-refractivity contribution in [3.8, 4) is 0 Å². The number of hydrogen-bond acceptors (Lipinski definition) is 0. The predicted molar refractivity (Wildman–Crippen MR) is 70.8 cm³/mol. The molecule has 0 aliphatic carbocycles. The maximum atomic E-state index is 14.6. The molecule has 0 atom stereocenters. The summed E-state index contributed by atoms with van der Waals surface area (Å²) >= 11 is 0. The van der Waals surface area contributed by atoms with Crippen LogP contribution in [0.5, 0.6) is 0 Å². The Morgan fingerprint density at radius 3 is 2.25 bits per heavy atom. The molecule has 2 heteroatoms. The minimum atomic E-state index is -3.21. The van der Waals surface area contributed by atoms with E-state index in [-0.39, 0.29) is 0 Å². The lowest BCUT2D eigenvalue weighted by Crippen LogP contribution is -2.40. The smallest absolute Gasteiger partial charge is 0.297 e. The van der Waals surface area contributed by atoms with Gasteiger partial charge in [-0.2, -0.15) is 0 Å². The maximum absolute atomic E-state index is 14.6. The molecular formula is C14H13FSi. The molecule has 0 amide bonds. The van der Waals surface area contributed by atoms with Gasteiger partial charge in [-0.25, -0.2) is 0 Å². The van der Waals surface area contributed by atoms with E-state index in [0.29, 0.717) is 0 Å². The van der Waals surface area contributed by atoms with Crippen molar-refractivity contribution in [2.45, 2.75) is 0 Å². The predicted octanol–water partition coefficient (Wildman–Crippen LogP) is 3.41. The molecule has 80 valence electrons. The summed E-state index contributed by atoms with van der Waals surface area (Å²) in [5.41, 5.74) is 2.84. The molecule has 2 aromatic carbocycles. The Balaban J connectivity index is 2.78. The number of halogens is 1. The van der Waals surface area contributed by atoms with E-state index in [9.17, 15) is 4.11 Å². The largest absolute Gasteiger partial charge is 0.324 e. The molecule has 0 saturated carbocycles. The van der Waals surface area contributed by atoms with Crippen LogP contribution in [0.25, 0.3) is 10.8 Å². The molecule has 16 heavy (non-hydrogen) atoms. The fourth-order valence-electron chi connectivity index (χ4n) is 1.86. The Labute approximate surface area is 95.9 Å². The quantitative estimate of drug-likeness (QED) is 0.558. The van der Waals surface area contributed by atoms with E-state index in [2.05, 4.69) is 13.2 Å². The molecular weight excluding hydrogens is 215 g/mol. The molecule has 0 aliphatic rings. The highest BCUT2D eigenvalue weighted by atomic mass is 28.4. The van der Waals surface area contributed by atoms with Crippen LogP contribution in [-0.2, 0) is 0 Å². The fraction of sp³-hybridized carbons (Fsp3) is 0. The first-order chi connectivity index (χ1) is 7.71. The lowest BCUT2D eigenvalue weighted by atomic mass is 10.1. The van der Waals surface area contributed by atoms with E-state index in [1.807, 2.05) is 42.5 Å². The minimum absolute atomic E-state index is 0.732. The van der Waals surface area contributed by atoms with E-state index in [1.165, 1.54) is 11.4 Å². The third-order valence-electron chi connectivity index (χ3n) is 2.80. The average molecular weight is 228 g/mol. The van der Waals surface area contributed by atoms with Crippen LogP contribution in [0.3, 0.4) is 0 Å². The zero-order valence-corrected chi connectivity index (χ0v) is 9.99.